The van der Waals surface area contributed by atoms with Gasteiger partial charge in [0.2, 0.25) is 11.8 Å². The van der Waals surface area contributed by atoms with Crippen molar-refractivity contribution >= 4 is 11.8 Å². The van der Waals surface area contributed by atoms with Gasteiger partial charge in [-0.1, -0.05) is 13.8 Å². The van der Waals surface area contributed by atoms with E-state index in [0.29, 0.717) is 24.7 Å². The maximum absolute atomic E-state index is 12.5. The lowest BCUT2D eigenvalue weighted by molar-refractivity contribution is -0.149. The van der Waals surface area contributed by atoms with Crippen molar-refractivity contribution in [1.82, 2.24) is 25.0 Å². The van der Waals surface area contributed by atoms with Gasteiger partial charge in [0, 0.05) is 7.05 Å². The van der Waals surface area contributed by atoms with Crippen molar-refractivity contribution in [1.29, 1.82) is 0 Å². The summed E-state index contributed by atoms with van der Waals surface area (Å²) in [6.07, 6.45) is 2.09. The summed E-state index contributed by atoms with van der Waals surface area (Å²) in [6, 6.07) is -0.922. The Morgan fingerprint density at radius 1 is 1.40 bits per heavy atom. The molecule has 0 aromatic carbocycles. The second-order valence-electron chi connectivity index (χ2n) is 5.63. The Labute approximate surface area is 118 Å². The van der Waals surface area contributed by atoms with Crippen molar-refractivity contribution in [3.63, 3.8) is 0 Å². The van der Waals surface area contributed by atoms with E-state index in [2.05, 4.69) is 15.4 Å². The van der Waals surface area contributed by atoms with E-state index < -0.39 is 12.1 Å². The zero-order valence-corrected chi connectivity index (χ0v) is 12.3. The van der Waals surface area contributed by atoms with E-state index in [1.165, 1.54) is 6.33 Å². The highest BCUT2D eigenvalue weighted by molar-refractivity contribution is 5.96. The quantitative estimate of drug-likeness (QED) is 0.846. The number of aromatic nitrogens is 3. The van der Waals surface area contributed by atoms with Gasteiger partial charge < -0.3 is 10.2 Å². The smallest absolute Gasteiger partial charge is 0.246 e. The molecule has 1 aliphatic heterocycles. The molecule has 1 N–H and O–H groups in total. The Kier molecular flexibility index (Phi) is 4.06. The van der Waals surface area contributed by atoms with E-state index in [1.54, 1.807) is 23.6 Å². The second-order valence-corrected chi connectivity index (χ2v) is 5.63. The van der Waals surface area contributed by atoms with Gasteiger partial charge in [-0.3, -0.25) is 14.3 Å². The van der Waals surface area contributed by atoms with Gasteiger partial charge in [0.05, 0.1) is 6.54 Å². The lowest BCUT2D eigenvalue weighted by atomic mass is 9.99. The molecule has 1 aliphatic rings. The van der Waals surface area contributed by atoms with Gasteiger partial charge in [-0.25, -0.2) is 4.98 Å². The highest BCUT2D eigenvalue weighted by Crippen LogP contribution is 2.17. The van der Waals surface area contributed by atoms with Crippen LogP contribution in [0.15, 0.2) is 6.33 Å². The third-order valence-corrected chi connectivity index (χ3v) is 3.57. The lowest BCUT2D eigenvalue weighted by Crippen LogP contribution is -2.62. The largest absolute Gasteiger partial charge is 0.343 e. The van der Waals surface area contributed by atoms with Crippen LogP contribution in [0.3, 0.4) is 0 Å². The zero-order chi connectivity index (χ0) is 14.9. The van der Waals surface area contributed by atoms with Gasteiger partial charge in [0.25, 0.3) is 0 Å². The van der Waals surface area contributed by atoms with Gasteiger partial charge >= 0.3 is 0 Å². The van der Waals surface area contributed by atoms with Crippen LogP contribution in [0.4, 0.5) is 0 Å². The van der Waals surface area contributed by atoms with Crippen LogP contribution in [0, 0.1) is 5.92 Å². The number of rotatable bonds is 4. The van der Waals surface area contributed by atoms with Crippen LogP contribution < -0.4 is 5.32 Å². The third-order valence-electron chi connectivity index (χ3n) is 3.57. The highest BCUT2D eigenvalue weighted by atomic mass is 16.2. The molecule has 0 aliphatic carbocycles. The Morgan fingerprint density at radius 2 is 2.10 bits per heavy atom. The molecule has 0 radical (unpaired) electrons. The minimum absolute atomic E-state index is 0.0474. The molecule has 0 bridgehead atoms. The first-order chi connectivity index (χ1) is 9.40. The molecule has 1 saturated heterocycles. The molecule has 1 aromatic heterocycles. The normalized spacial score (nSPS) is 23.4. The van der Waals surface area contributed by atoms with Crippen LogP contribution in [0.2, 0.25) is 0 Å². The first-order valence-electron chi connectivity index (χ1n) is 6.84. The number of aryl methyl sites for hydroxylation is 1. The number of hydrogen-bond donors (Lipinski definition) is 1. The maximum atomic E-state index is 12.5. The molecule has 20 heavy (non-hydrogen) atoms. The molecule has 1 aromatic rings. The van der Waals surface area contributed by atoms with Crippen LogP contribution >= 0.6 is 0 Å². The number of carbonyl (C=O) groups excluding carboxylic acids is 2. The molecule has 0 spiro atoms. The zero-order valence-electron chi connectivity index (χ0n) is 12.3. The van der Waals surface area contributed by atoms with Crippen LogP contribution in [0.5, 0.6) is 0 Å². The average molecular weight is 279 g/mol. The molecule has 2 atom stereocenters. The molecular formula is C13H21N5O2. The first-order valence-corrected chi connectivity index (χ1v) is 6.84. The van der Waals surface area contributed by atoms with E-state index in [-0.39, 0.29) is 11.8 Å². The molecular weight excluding hydrogens is 258 g/mol. The Morgan fingerprint density at radius 3 is 2.65 bits per heavy atom. The number of nitrogens with zero attached hydrogens (tertiary/aromatic N) is 4. The predicted octanol–water partition coefficient (Wildman–Crippen LogP) is 0.0767. The van der Waals surface area contributed by atoms with Crippen molar-refractivity contribution < 1.29 is 9.59 Å². The van der Waals surface area contributed by atoms with E-state index in [9.17, 15) is 9.59 Å². The van der Waals surface area contributed by atoms with Gasteiger partial charge in [0.1, 0.15) is 24.2 Å². The monoisotopic (exact) mass is 279 g/mol. The maximum Gasteiger partial charge on any atom is 0.246 e. The van der Waals surface area contributed by atoms with Crippen LogP contribution in [0.25, 0.3) is 0 Å². The minimum Gasteiger partial charge on any atom is -0.343 e. The summed E-state index contributed by atoms with van der Waals surface area (Å²) >= 11 is 0. The summed E-state index contributed by atoms with van der Waals surface area (Å²) in [5.74, 6) is 0.851. The fourth-order valence-electron chi connectivity index (χ4n) is 2.35. The molecule has 7 heteroatoms. The Bertz CT molecular complexity index is 511. The summed E-state index contributed by atoms with van der Waals surface area (Å²) in [7, 11) is 1.77. The van der Waals surface area contributed by atoms with Crippen molar-refractivity contribution in [2.24, 2.45) is 13.0 Å². The average Bonchev–Trinajstić information content (AvgIpc) is 2.77. The molecule has 2 heterocycles. The van der Waals surface area contributed by atoms with Gasteiger partial charge in [0.15, 0.2) is 0 Å². The summed E-state index contributed by atoms with van der Waals surface area (Å²) in [6.45, 7) is 6.10. The summed E-state index contributed by atoms with van der Waals surface area (Å²) < 4.78 is 1.62. The topological polar surface area (TPSA) is 80.1 Å². The molecule has 2 unspecified atom stereocenters. The van der Waals surface area contributed by atoms with Gasteiger partial charge in [-0.15, -0.1) is 0 Å². The number of piperazine rings is 1. The van der Waals surface area contributed by atoms with E-state index in [0.717, 1.165) is 0 Å². The van der Waals surface area contributed by atoms with Gasteiger partial charge in [-0.05, 0) is 19.3 Å². The Balaban J connectivity index is 2.18. The number of nitrogens with one attached hydrogen (secondary N) is 1. The predicted molar refractivity (Wildman–Crippen MR) is 72.4 cm³/mol. The first kappa shape index (κ1) is 14.5. The second kappa shape index (κ2) is 5.60. The number of carbonyl (C=O) groups is 2. The highest BCUT2D eigenvalue weighted by Gasteiger charge is 2.38. The number of amides is 2. The molecule has 7 nitrogen and oxygen atoms in total. The van der Waals surface area contributed by atoms with Crippen LogP contribution in [0.1, 0.15) is 33.0 Å². The standard InChI is InChI=1S/C13H21N5O2/c1-8(2)5-10-13(20)18(9(3)12(19)16-10)6-11-14-7-15-17(11)4/h7-10H,5-6H2,1-4H3,(H,16,19). The SMILES string of the molecule is CC(C)CC1NC(=O)C(C)N(Cc2ncnn2C)C1=O. The minimum atomic E-state index is -0.484. The molecule has 0 saturated carbocycles. The van der Waals surface area contributed by atoms with E-state index in [1.807, 2.05) is 13.8 Å². The molecule has 2 rings (SSSR count). The van der Waals surface area contributed by atoms with Crippen molar-refractivity contribution in [3.05, 3.63) is 12.2 Å². The van der Waals surface area contributed by atoms with Crippen molar-refractivity contribution in [2.75, 3.05) is 0 Å². The fourth-order valence-corrected chi connectivity index (χ4v) is 2.35. The fraction of sp³-hybridized carbons (Fsp3) is 0.692. The summed E-state index contributed by atoms with van der Waals surface area (Å²) in [4.78, 5) is 30.2. The lowest BCUT2D eigenvalue weighted by Gasteiger charge is -2.37. The molecule has 2 amide bonds. The van der Waals surface area contributed by atoms with Gasteiger partial charge in [-0.2, -0.15) is 5.10 Å². The Hall–Kier alpha value is -1.92. The third kappa shape index (κ3) is 2.81. The summed E-state index contributed by atoms with van der Waals surface area (Å²) in [5.41, 5.74) is 0. The molecule has 1 fully saturated rings. The molecule has 110 valence electrons. The van der Waals surface area contributed by atoms with Crippen molar-refractivity contribution in [2.45, 2.75) is 45.8 Å². The number of hydrogen-bond acceptors (Lipinski definition) is 4. The summed E-state index contributed by atoms with van der Waals surface area (Å²) in [5, 5.41) is 6.78. The van der Waals surface area contributed by atoms with Crippen LogP contribution in [-0.2, 0) is 23.2 Å². The van der Waals surface area contributed by atoms with Crippen LogP contribution in [-0.4, -0.2) is 43.6 Å². The van der Waals surface area contributed by atoms with E-state index in [4.69, 9.17) is 0 Å². The van der Waals surface area contributed by atoms with Crippen molar-refractivity contribution in [3.8, 4) is 0 Å². The van der Waals surface area contributed by atoms with E-state index >= 15 is 0 Å².